The summed E-state index contributed by atoms with van der Waals surface area (Å²) < 4.78 is 5.10. The highest BCUT2D eigenvalue weighted by Crippen LogP contribution is 2.25. The van der Waals surface area contributed by atoms with E-state index in [0.717, 1.165) is 31.1 Å². The van der Waals surface area contributed by atoms with Gasteiger partial charge < -0.3 is 10.3 Å². The van der Waals surface area contributed by atoms with Crippen molar-refractivity contribution in [2.45, 2.75) is 19.6 Å². The van der Waals surface area contributed by atoms with E-state index in [-0.39, 0.29) is 0 Å². The lowest BCUT2D eigenvalue weighted by atomic mass is 10.1. The summed E-state index contributed by atoms with van der Waals surface area (Å²) in [5, 5.41) is 3.71. The molecule has 16 heavy (non-hydrogen) atoms. The number of hydrogen-bond acceptors (Lipinski definition) is 4. The van der Waals surface area contributed by atoms with Gasteiger partial charge >= 0.3 is 0 Å². The topological polar surface area (TPSA) is 55.3 Å². The molecule has 1 aromatic carbocycles. The van der Waals surface area contributed by atoms with Gasteiger partial charge in [0, 0.05) is 24.8 Å². The van der Waals surface area contributed by atoms with Crippen molar-refractivity contribution in [1.82, 2.24) is 10.1 Å². The maximum absolute atomic E-state index is 5.77. The highest BCUT2D eigenvalue weighted by Gasteiger charge is 2.19. The van der Waals surface area contributed by atoms with Crippen LogP contribution in [-0.4, -0.2) is 10.1 Å². The average Bonchev–Trinajstić information content (AvgIpc) is 2.86. The Balaban J connectivity index is 1.75. The predicted octanol–water partition coefficient (Wildman–Crippen LogP) is 1.77. The van der Waals surface area contributed by atoms with Crippen LogP contribution in [0.5, 0.6) is 0 Å². The fourth-order valence-electron chi connectivity index (χ4n) is 2.14. The fourth-order valence-corrected chi connectivity index (χ4v) is 2.14. The number of nitrogens with two attached hydrogens (primary N) is 1. The van der Waals surface area contributed by atoms with E-state index in [0.29, 0.717) is 0 Å². The molecule has 82 valence electrons. The molecule has 0 radical (unpaired) electrons. The van der Waals surface area contributed by atoms with Crippen molar-refractivity contribution in [2.24, 2.45) is 0 Å². The molecule has 0 amide bonds. The fraction of sp³-hybridized carbons (Fsp3) is 0.250. The standard InChI is InChI=1S/C12H13N3O/c13-11-2-1-9-6-15(7-10(9)5-11)8-12-3-4-14-16-12/h1-5H,6-8,13H2. The van der Waals surface area contributed by atoms with Crippen LogP contribution in [0.1, 0.15) is 16.9 Å². The molecule has 2 heterocycles. The second kappa shape index (κ2) is 3.64. The molecule has 0 spiro atoms. The second-order valence-corrected chi connectivity index (χ2v) is 4.15. The van der Waals surface area contributed by atoms with E-state index in [9.17, 15) is 0 Å². The number of hydrogen-bond donors (Lipinski definition) is 1. The summed E-state index contributed by atoms with van der Waals surface area (Å²) in [4.78, 5) is 2.31. The SMILES string of the molecule is Nc1ccc2c(c1)CN(Cc1ccno1)C2. The maximum atomic E-state index is 5.77. The van der Waals surface area contributed by atoms with E-state index >= 15 is 0 Å². The smallest absolute Gasteiger partial charge is 0.150 e. The minimum absolute atomic E-state index is 0.800. The van der Waals surface area contributed by atoms with Crippen LogP contribution >= 0.6 is 0 Å². The molecule has 3 rings (SSSR count). The first-order valence-corrected chi connectivity index (χ1v) is 5.30. The lowest BCUT2D eigenvalue weighted by molar-refractivity contribution is 0.236. The largest absolute Gasteiger partial charge is 0.399 e. The van der Waals surface area contributed by atoms with E-state index < -0.39 is 0 Å². The number of anilines is 1. The Morgan fingerprint density at radius 2 is 2.12 bits per heavy atom. The van der Waals surface area contributed by atoms with Crippen LogP contribution in [0.15, 0.2) is 35.0 Å². The third-order valence-corrected chi connectivity index (χ3v) is 2.89. The van der Waals surface area contributed by atoms with Crippen molar-refractivity contribution in [1.29, 1.82) is 0 Å². The van der Waals surface area contributed by atoms with Gasteiger partial charge in [-0.1, -0.05) is 11.2 Å². The molecule has 0 saturated heterocycles. The Labute approximate surface area is 93.6 Å². The van der Waals surface area contributed by atoms with Crippen LogP contribution in [0, 0.1) is 0 Å². The van der Waals surface area contributed by atoms with Gasteiger partial charge in [-0.3, -0.25) is 4.90 Å². The summed E-state index contributed by atoms with van der Waals surface area (Å²) >= 11 is 0. The van der Waals surface area contributed by atoms with Crippen molar-refractivity contribution in [3.8, 4) is 0 Å². The Morgan fingerprint density at radius 1 is 1.25 bits per heavy atom. The molecule has 0 aliphatic carbocycles. The molecule has 4 nitrogen and oxygen atoms in total. The highest BCUT2D eigenvalue weighted by molar-refractivity contribution is 5.46. The van der Waals surface area contributed by atoms with Gasteiger partial charge in [-0.15, -0.1) is 0 Å². The van der Waals surface area contributed by atoms with Crippen molar-refractivity contribution in [3.63, 3.8) is 0 Å². The Morgan fingerprint density at radius 3 is 2.94 bits per heavy atom. The number of nitrogen functional groups attached to an aromatic ring is 1. The molecule has 1 aliphatic rings. The molecule has 4 heteroatoms. The van der Waals surface area contributed by atoms with Crippen LogP contribution in [-0.2, 0) is 19.6 Å². The van der Waals surface area contributed by atoms with Gasteiger partial charge in [0.2, 0.25) is 0 Å². The van der Waals surface area contributed by atoms with E-state index in [1.807, 2.05) is 12.1 Å². The third kappa shape index (κ3) is 1.67. The summed E-state index contributed by atoms with van der Waals surface area (Å²) in [5.41, 5.74) is 9.27. The molecule has 2 N–H and O–H groups in total. The average molecular weight is 215 g/mol. The minimum atomic E-state index is 0.800. The number of rotatable bonds is 2. The van der Waals surface area contributed by atoms with Crippen molar-refractivity contribution < 1.29 is 4.52 Å². The molecule has 0 unspecified atom stereocenters. The predicted molar refractivity (Wildman–Crippen MR) is 60.3 cm³/mol. The third-order valence-electron chi connectivity index (χ3n) is 2.89. The van der Waals surface area contributed by atoms with Gasteiger partial charge in [0.25, 0.3) is 0 Å². The maximum Gasteiger partial charge on any atom is 0.150 e. The van der Waals surface area contributed by atoms with Crippen molar-refractivity contribution in [2.75, 3.05) is 5.73 Å². The molecular weight excluding hydrogens is 202 g/mol. The minimum Gasteiger partial charge on any atom is -0.399 e. The molecule has 2 aromatic rings. The van der Waals surface area contributed by atoms with Gasteiger partial charge in [-0.2, -0.15) is 0 Å². The lowest BCUT2D eigenvalue weighted by Crippen LogP contribution is -2.15. The van der Waals surface area contributed by atoms with Crippen LogP contribution in [0.25, 0.3) is 0 Å². The van der Waals surface area contributed by atoms with Crippen molar-refractivity contribution >= 4 is 5.69 Å². The van der Waals surface area contributed by atoms with E-state index in [4.69, 9.17) is 10.3 Å². The number of aromatic nitrogens is 1. The van der Waals surface area contributed by atoms with Gasteiger partial charge in [0.1, 0.15) is 0 Å². The number of fused-ring (bicyclic) bond motifs is 1. The zero-order valence-electron chi connectivity index (χ0n) is 8.89. The molecule has 0 saturated carbocycles. The van der Waals surface area contributed by atoms with E-state index in [1.54, 1.807) is 6.20 Å². The quantitative estimate of drug-likeness (QED) is 0.776. The Hall–Kier alpha value is -1.81. The molecule has 1 aliphatic heterocycles. The Bertz CT molecular complexity index is 493. The second-order valence-electron chi connectivity index (χ2n) is 4.15. The highest BCUT2D eigenvalue weighted by atomic mass is 16.5. The van der Waals surface area contributed by atoms with E-state index in [1.165, 1.54) is 11.1 Å². The van der Waals surface area contributed by atoms with Crippen LogP contribution < -0.4 is 5.73 Å². The first-order valence-electron chi connectivity index (χ1n) is 5.30. The van der Waals surface area contributed by atoms with Crippen LogP contribution in [0.2, 0.25) is 0 Å². The van der Waals surface area contributed by atoms with Crippen molar-refractivity contribution in [3.05, 3.63) is 47.3 Å². The van der Waals surface area contributed by atoms with Gasteiger partial charge in [0.15, 0.2) is 5.76 Å². The first kappa shape index (κ1) is 9.42. The molecular formula is C12H13N3O. The van der Waals surface area contributed by atoms with Crippen LogP contribution in [0.4, 0.5) is 5.69 Å². The van der Waals surface area contributed by atoms with Gasteiger partial charge in [-0.05, 0) is 23.3 Å². The summed E-state index contributed by atoms with van der Waals surface area (Å²) in [6, 6.07) is 8.01. The monoisotopic (exact) mass is 215 g/mol. The van der Waals surface area contributed by atoms with E-state index in [2.05, 4.69) is 22.2 Å². The number of benzene rings is 1. The molecule has 1 aromatic heterocycles. The molecule has 0 bridgehead atoms. The van der Waals surface area contributed by atoms with Crippen LogP contribution in [0.3, 0.4) is 0 Å². The molecule has 0 fully saturated rings. The summed E-state index contributed by atoms with van der Waals surface area (Å²) in [6.45, 7) is 2.69. The van der Waals surface area contributed by atoms with Gasteiger partial charge in [-0.25, -0.2) is 0 Å². The summed E-state index contributed by atoms with van der Waals surface area (Å²) in [7, 11) is 0. The lowest BCUT2D eigenvalue weighted by Gasteiger charge is -2.11. The molecule has 0 atom stereocenters. The normalized spacial score (nSPS) is 15.2. The number of nitrogens with zero attached hydrogens (tertiary/aromatic N) is 2. The van der Waals surface area contributed by atoms with Gasteiger partial charge in [0.05, 0.1) is 12.7 Å². The first-order chi connectivity index (χ1) is 7.81. The zero-order chi connectivity index (χ0) is 11.0. The zero-order valence-corrected chi connectivity index (χ0v) is 8.89. The Kier molecular flexibility index (Phi) is 2.15. The summed E-state index contributed by atoms with van der Waals surface area (Å²) in [6.07, 6.45) is 1.68. The summed E-state index contributed by atoms with van der Waals surface area (Å²) in [5.74, 6) is 0.903.